The summed E-state index contributed by atoms with van der Waals surface area (Å²) >= 11 is 3.73. The van der Waals surface area contributed by atoms with E-state index in [-0.39, 0.29) is 31.4 Å². The van der Waals surface area contributed by atoms with Gasteiger partial charge in [-0.25, -0.2) is 4.68 Å². The highest BCUT2D eigenvalue weighted by molar-refractivity contribution is 9.10. The van der Waals surface area contributed by atoms with Gasteiger partial charge in [0.1, 0.15) is 0 Å². The number of anilines is 1. The van der Waals surface area contributed by atoms with Crippen molar-refractivity contribution in [3.8, 4) is 0 Å². The number of carbonyl (C=O) groups is 1. The molecule has 1 amide bonds. The third-order valence-electron chi connectivity index (χ3n) is 2.69. The van der Waals surface area contributed by atoms with Gasteiger partial charge in [-0.15, -0.1) is 10.2 Å². The van der Waals surface area contributed by atoms with E-state index >= 15 is 0 Å². The molecule has 1 aromatic heterocycles. The van der Waals surface area contributed by atoms with Gasteiger partial charge in [-0.3, -0.25) is 14.9 Å². The average Bonchev–Trinajstić information content (AvgIpc) is 2.88. The van der Waals surface area contributed by atoms with Crippen molar-refractivity contribution in [2.24, 2.45) is 0 Å². The molecule has 0 aliphatic heterocycles. The molecule has 14 heteroatoms. The lowest BCUT2D eigenvalue weighted by Gasteiger charge is -2.08. The van der Waals surface area contributed by atoms with E-state index in [1.807, 2.05) is 0 Å². The number of nitrogens with zero attached hydrogens (tertiary/aromatic N) is 4. The summed E-state index contributed by atoms with van der Waals surface area (Å²) in [5.41, 5.74) is 0.0940. The fourth-order valence-corrected chi connectivity index (χ4v) is 2.73. The van der Waals surface area contributed by atoms with Crippen molar-refractivity contribution in [2.45, 2.75) is 11.3 Å². The maximum absolute atomic E-state index is 12.5. The quantitative estimate of drug-likeness (QED) is 0.316. The van der Waals surface area contributed by atoms with Gasteiger partial charge in [0.15, 0.2) is 0 Å². The molecule has 0 aliphatic rings. The summed E-state index contributed by atoms with van der Waals surface area (Å²) in [4.78, 5) is 21.9. The van der Waals surface area contributed by atoms with E-state index in [9.17, 15) is 28.1 Å². The Morgan fingerprint density at radius 3 is 2.64 bits per heavy atom. The number of hydrogen-bond acceptors (Lipinski definition) is 7. The molecule has 2 aromatic rings. The van der Waals surface area contributed by atoms with E-state index in [1.54, 1.807) is 0 Å². The summed E-state index contributed by atoms with van der Waals surface area (Å²) in [5.74, 6) is 3.00. The van der Waals surface area contributed by atoms with Crippen LogP contribution in [0.25, 0.3) is 0 Å². The molecule has 9 nitrogen and oxygen atoms in total. The summed E-state index contributed by atoms with van der Waals surface area (Å²) in [6.45, 7) is 0. The van der Waals surface area contributed by atoms with E-state index < -0.39 is 22.8 Å². The van der Waals surface area contributed by atoms with Crippen LogP contribution in [0.5, 0.6) is 0 Å². The van der Waals surface area contributed by atoms with Gasteiger partial charge >= 0.3 is 6.18 Å². The minimum Gasteiger partial charge on any atom is -0.335 e. The van der Waals surface area contributed by atoms with Gasteiger partial charge in [-0.05, 0) is 22.0 Å². The molecule has 0 radical (unpaired) electrons. The summed E-state index contributed by atoms with van der Waals surface area (Å²) in [7, 11) is 0. The first-order chi connectivity index (χ1) is 11.6. The molecule has 0 saturated heterocycles. The highest BCUT2D eigenvalue weighted by Crippen LogP contribution is 2.29. The zero-order valence-corrected chi connectivity index (χ0v) is 14.4. The molecule has 2 rings (SSSR count). The number of nitro groups is 1. The Labute approximate surface area is 150 Å². The zero-order valence-electron chi connectivity index (χ0n) is 12.0. The maximum atomic E-state index is 12.5. The lowest BCUT2D eigenvalue weighted by Crippen LogP contribution is -2.22. The predicted octanol–water partition coefficient (Wildman–Crippen LogP) is 2.41. The van der Waals surface area contributed by atoms with Crippen molar-refractivity contribution < 1.29 is 22.9 Å². The zero-order chi connectivity index (χ0) is 18.8. The molecule has 0 bridgehead atoms. The van der Waals surface area contributed by atoms with Crippen molar-refractivity contribution in [3.05, 3.63) is 38.6 Å². The van der Waals surface area contributed by atoms with Gasteiger partial charge < -0.3 is 11.2 Å². The number of amides is 1. The number of aromatic nitrogens is 3. The summed E-state index contributed by atoms with van der Waals surface area (Å²) in [5, 5.41) is 19.0. The second kappa shape index (κ2) is 7.26. The first-order valence-corrected chi connectivity index (χ1v) is 8.01. The molecule has 0 aliphatic carbocycles. The number of alkyl halides is 3. The number of benzene rings is 1. The Kier molecular flexibility index (Phi) is 5.52. The molecule has 0 saturated carbocycles. The van der Waals surface area contributed by atoms with Crippen LogP contribution in [-0.2, 0) is 11.0 Å². The van der Waals surface area contributed by atoms with Gasteiger partial charge in [-0.1, -0.05) is 11.8 Å². The molecule has 0 fully saturated rings. The number of thioether (sulfide) groups is 1. The minimum absolute atomic E-state index is 0.171. The Balaban J connectivity index is 2.00. The van der Waals surface area contributed by atoms with Crippen LogP contribution < -0.4 is 11.2 Å². The van der Waals surface area contributed by atoms with E-state index in [2.05, 4.69) is 31.4 Å². The van der Waals surface area contributed by atoms with Gasteiger partial charge in [0, 0.05) is 16.6 Å². The van der Waals surface area contributed by atoms with Crippen LogP contribution in [-0.4, -0.2) is 31.5 Å². The molecule has 1 heterocycles. The van der Waals surface area contributed by atoms with Crippen LogP contribution in [0, 0.1) is 10.1 Å². The Hall–Kier alpha value is -2.35. The fourth-order valence-electron chi connectivity index (χ4n) is 1.60. The van der Waals surface area contributed by atoms with Crippen LogP contribution in [0.15, 0.2) is 27.8 Å². The van der Waals surface area contributed by atoms with Crippen LogP contribution in [0.2, 0.25) is 0 Å². The third-order valence-corrected chi connectivity index (χ3v) is 4.29. The van der Waals surface area contributed by atoms with Crippen molar-refractivity contribution in [1.29, 1.82) is 0 Å². The lowest BCUT2D eigenvalue weighted by atomic mass is 10.3. The van der Waals surface area contributed by atoms with E-state index in [1.165, 1.54) is 18.2 Å². The summed E-state index contributed by atoms with van der Waals surface area (Å²) < 4.78 is 38.1. The molecule has 1 aromatic carbocycles. The van der Waals surface area contributed by atoms with Crippen molar-refractivity contribution in [3.63, 3.8) is 0 Å². The number of rotatable bonds is 5. The minimum atomic E-state index is -4.76. The highest BCUT2D eigenvalue weighted by atomic mass is 79.9. The monoisotopic (exact) mass is 440 g/mol. The van der Waals surface area contributed by atoms with Gasteiger partial charge in [0.25, 0.3) is 11.5 Å². The Bertz CT molecular complexity index is 828. The molecular formula is C11H8BrF3N6O3S. The molecule has 134 valence electrons. The van der Waals surface area contributed by atoms with Crippen molar-refractivity contribution in [2.75, 3.05) is 16.9 Å². The molecule has 3 N–H and O–H groups in total. The van der Waals surface area contributed by atoms with Crippen molar-refractivity contribution in [1.82, 2.24) is 14.9 Å². The number of halogens is 4. The largest absolute Gasteiger partial charge is 0.453 e. The molecular weight excluding hydrogens is 433 g/mol. The van der Waals surface area contributed by atoms with Crippen LogP contribution >= 0.6 is 27.7 Å². The fraction of sp³-hybridized carbons (Fsp3) is 0.182. The highest BCUT2D eigenvalue weighted by Gasteiger charge is 2.38. The van der Waals surface area contributed by atoms with Crippen LogP contribution in [0.3, 0.4) is 0 Å². The van der Waals surface area contributed by atoms with E-state index in [0.717, 1.165) is 0 Å². The first-order valence-electron chi connectivity index (χ1n) is 6.24. The second-order valence-electron chi connectivity index (χ2n) is 4.43. The number of nitrogens with two attached hydrogens (primary N) is 1. The summed E-state index contributed by atoms with van der Waals surface area (Å²) in [6.07, 6.45) is -4.76. The molecule has 25 heavy (non-hydrogen) atoms. The number of non-ortho nitro benzene ring substituents is 1. The number of nitro benzene ring substituents is 1. The average molecular weight is 441 g/mol. The third kappa shape index (κ3) is 4.60. The Morgan fingerprint density at radius 1 is 1.44 bits per heavy atom. The van der Waals surface area contributed by atoms with Crippen molar-refractivity contribution >= 4 is 45.0 Å². The molecule has 0 spiro atoms. The number of nitrogen functional groups attached to an aromatic ring is 1. The SMILES string of the molecule is Nn1c(SCC(=O)Nc2ccc([N+](=O)[O-])cc2Br)nnc1C(F)(F)F. The molecule has 0 unspecified atom stereocenters. The number of nitrogens with one attached hydrogen (secondary N) is 1. The van der Waals surface area contributed by atoms with E-state index in [4.69, 9.17) is 5.84 Å². The predicted molar refractivity (Wildman–Crippen MR) is 85.3 cm³/mol. The lowest BCUT2D eigenvalue weighted by molar-refractivity contribution is -0.384. The van der Waals surface area contributed by atoms with Gasteiger partial charge in [-0.2, -0.15) is 13.2 Å². The molecule has 0 atom stereocenters. The second-order valence-corrected chi connectivity index (χ2v) is 6.23. The summed E-state index contributed by atoms with van der Waals surface area (Å²) in [6, 6.07) is 3.71. The number of carbonyl (C=O) groups excluding carboxylic acids is 1. The van der Waals surface area contributed by atoms with Gasteiger partial charge in [0.05, 0.1) is 16.4 Å². The van der Waals surface area contributed by atoms with Crippen LogP contribution in [0.1, 0.15) is 5.82 Å². The smallest absolute Gasteiger partial charge is 0.335 e. The number of hydrogen-bond donors (Lipinski definition) is 2. The van der Waals surface area contributed by atoms with E-state index in [0.29, 0.717) is 11.8 Å². The topological polar surface area (TPSA) is 129 Å². The standard InChI is InChI=1S/C11H8BrF3N6O3S/c12-6-3-5(21(23)24)1-2-7(6)17-8(22)4-25-10-19-18-9(20(10)16)11(13,14)15/h1-3H,4,16H2,(H,17,22). The Morgan fingerprint density at radius 2 is 2.12 bits per heavy atom. The normalized spacial score (nSPS) is 11.4. The maximum Gasteiger partial charge on any atom is 0.453 e. The van der Waals surface area contributed by atoms with Gasteiger partial charge in [0.2, 0.25) is 11.1 Å². The van der Waals surface area contributed by atoms with Crippen LogP contribution in [0.4, 0.5) is 24.5 Å². The first kappa shape index (κ1) is 19.0.